The second-order valence-corrected chi connectivity index (χ2v) is 5.27. The van der Waals surface area contributed by atoms with E-state index in [4.69, 9.17) is 22.1 Å². The van der Waals surface area contributed by atoms with Gasteiger partial charge in [0, 0.05) is 24.4 Å². The summed E-state index contributed by atoms with van der Waals surface area (Å²) in [6.45, 7) is 3.36. The normalized spacial score (nSPS) is 18.3. The van der Waals surface area contributed by atoms with E-state index in [-0.39, 0.29) is 11.4 Å². The zero-order valence-corrected chi connectivity index (χ0v) is 11.1. The first kappa shape index (κ1) is 13.2. The van der Waals surface area contributed by atoms with Gasteiger partial charge in [0.15, 0.2) is 0 Å². The molecule has 0 spiro atoms. The molecule has 1 aliphatic heterocycles. The third-order valence-electron chi connectivity index (χ3n) is 3.25. The van der Waals surface area contributed by atoms with E-state index in [1.807, 2.05) is 6.92 Å². The lowest BCUT2D eigenvalue weighted by Gasteiger charge is -2.34. The summed E-state index contributed by atoms with van der Waals surface area (Å²) in [5.74, 6) is -0.184. The fourth-order valence-electron chi connectivity index (χ4n) is 2.01. The summed E-state index contributed by atoms with van der Waals surface area (Å²) in [7, 11) is 0. The van der Waals surface area contributed by atoms with Gasteiger partial charge in [-0.2, -0.15) is 0 Å². The highest BCUT2D eigenvalue weighted by atomic mass is 35.5. The Labute approximate surface area is 111 Å². The quantitative estimate of drug-likeness (QED) is 0.809. The molecule has 0 unspecified atom stereocenters. The topological polar surface area (TPSA) is 64.4 Å². The monoisotopic (exact) mass is 268 g/mol. The minimum absolute atomic E-state index is 0.184. The van der Waals surface area contributed by atoms with Crippen LogP contribution in [0.3, 0.4) is 0 Å². The molecule has 2 rings (SSSR count). The predicted molar refractivity (Wildman–Crippen MR) is 71.8 cm³/mol. The van der Waals surface area contributed by atoms with Crippen molar-refractivity contribution in [3.8, 4) is 0 Å². The van der Waals surface area contributed by atoms with E-state index in [2.05, 4.69) is 5.32 Å². The van der Waals surface area contributed by atoms with E-state index in [0.29, 0.717) is 29.5 Å². The van der Waals surface area contributed by atoms with Crippen molar-refractivity contribution in [3.63, 3.8) is 0 Å². The number of nitrogens with one attached hydrogen (secondary N) is 1. The highest BCUT2D eigenvalue weighted by Gasteiger charge is 2.29. The second kappa shape index (κ2) is 5.16. The molecule has 18 heavy (non-hydrogen) atoms. The number of hydrogen-bond acceptors (Lipinski definition) is 3. The van der Waals surface area contributed by atoms with Gasteiger partial charge < -0.3 is 15.8 Å². The number of rotatable bonds is 2. The Bertz CT molecular complexity index is 456. The van der Waals surface area contributed by atoms with Crippen molar-refractivity contribution < 1.29 is 9.53 Å². The molecule has 1 fully saturated rings. The van der Waals surface area contributed by atoms with E-state index in [0.717, 1.165) is 12.8 Å². The molecule has 4 nitrogen and oxygen atoms in total. The Morgan fingerprint density at radius 3 is 2.78 bits per heavy atom. The highest BCUT2D eigenvalue weighted by Crippen LogP contribution is 2.23. The molecule has 0 atom stereocenters. The summed E-state index contributed by atoms with van der Waals surface area (Å²) in [4.78, 5) is 12.2. The molecule has 1 aliphatic rings. The summed E-state index contributed by atoms with van der Waals surface area (Å²) < 4.78 is 5.30. The van der Waals surface area contributed by atoms with Crippen molar-refractivity contribution in [2.75, 3.05) is 18.9 Å². The van der Waals surface area contributed by atoms with Crippen LogP contribution in [-0.4, -0.2) is 24.7 Å². The Morgan fingerprint density at radius 2 is 2.11 bits per heavy atom. The zero-order chi connectivity index (χ0) is 13.2. The molecular weight excluding hydrogens is 252 g/mol. The molecule has 0 bridgehead atoms. The van der Waals surface area contributed by atoms with Crippen molar-refractivity contribution in [1.82, 2.24) is 5.32 Å². The maximum atomic E-state index is 12.2. The zero-order valence-electron chi connectivity index (χ0n) is 10.3. The molecule has 1 heterocycles. The number of ether oxygens (including phenoxy) is 1. The van der Waals surface area contributed by atoms with E-state index in [9.17, 15) is 4.79 Å². The maximum Gasteiger partial charge on any atom is 0.253 e. The van der Waals surface area contributed by atoms with Gasteiger partial charge >= 0.3 is 0 Å². The van der Waals surface area contributed by atoms with Crippen molar-refractivity contribution in [2.45, 2.75) is 25.3 Å². The van der Waals surface area contributed by atoms with Gasteiger partial charge in [-0.15, -0.1) is 0 Å². The lowest BCUT2D eigenvalue weighted by Crippen LogP contribution is -2.49. The Hall–Kier alpha value is -1.26. The van der Waals surface area contributed by atoms with Crippen LogP contribution in [0.2, 0.25) is 5.02 Å². The minimum Gasteiger partial charge on any atom is -0.399 e. The van der Waals surface area contributed by atoms with Gasteiger partial charge in [-0.3, -0.25) is 4.79 Å². The van der Waals surface area contributed by atoms with Crippen molar-refractivity contribution in [1.29, 1.82) is 0 Å². The molecule has 1 aromatic rings. The average molecular weight is 269 g/mol. The standard InChI is InChI=1S/C13H17ClN2O2/c1-13(4-6-18-7-5-13)16-12(17)10-8-9(15)2-3-11(10)14/h2-3,8H,4-7,15H2,1H3,(H,16,17). The summed E-state index contributed by atoms with van der Waals surface area (Å²) in [6.07, 6.45) is 1.61. The number of hydrogen-bond donors (Lipinski definition) is 2. The molecule has 0 aromatic heterocycles. The molecule has 3 N–H and O–H groups in total. The average Bonchev–Trinajstić information content (AvgIpc) is 2.32. The molecule has 0 radical (unpaired) electrons. The highest BCUT2D eigenvalue weighted by molar-refractivity contribution is 6.34. The molecule has 0 aliphatic carbocycles. The molecule has 0 saturated carbocycles. The number of amides is 1. The van der Waals surface area contributed by atoms with Crippen LogP contribution in [0.25, 0.3) is 0 Å². The molecular formula is C13H17ClN2O2. The Balaban J connectivity index is 2.14. The SMILES string of the molecule is CC1(NC(=O)c2cc(N)ccc2Cl)CCOCC1. The van der Waals surface area contributed by atoms with Crippen LogP contribution in [0.15, 0.2) is 18.2 Å². The fraction of sp³-hybridized carbons (Fsp3) is 0.462. The van der Waals surface area contributed by atoms with Gasteiger partial charge in [0.2, 0.25) is 0 Å². The van der Waals surface area contributed by atoms with E-state index in [1.54, 1.807) is 18.2 Å². The number of nitrogen functional groups attached to an aromatic ring is 1. The van der Waals surface area contributed by atoms with Gasteiger partial charge in [0.05, 0.1) is 10.6 Å². The van der Waals surface area contributed by atoms with Gasteiger partial charge in [-0.1, -0.05) is 11.6 Å². The third-order valence-corrected chi connectivity index (χ3v) is 3.58. The predicted octanol–water partition coefficient (Wildman–Crippen LogP) is 2.22. The van der Waals surface area contributed by atoms with Gasteiger partial charge in [0.25, 0.3) is 5.91 Å². The number of nitrogens with two attached hydrogens (primary N) is 1. The van der Waals surface area contributed by atoms with Crippen LogP contribution in [0.5, 0.6) is 0 Å². The number of anilines is 1. The summed E-state index contributed by atoms with van der Waals surface area (Å²) in [5, 5.41) is 3.43. The Kier molecular flexibility index (Phi) is 3.78. The summed E-state index contributed by atoms with van der Waals surface area (Å²) >= 11 is 6.01. The first-order valence-electron chi connectivity index (χ1n) is 5.95. The Morgan fingerprint density at radius 1 is 1.44 bits per heavy atom. The number of benzene rings is 1. The van der Waals surface area contributed by atoms with E-state index >= 15 is 0 Å². The van der Waals surface area contributed by atoms with Gasteiger partial charge in [-0.25, -0.2) is 0 Å². The van der Waals surface area contributed by atoms with E-state index in [1.165, 1.54) is 0 Å². The smallest absolute Gasteiger partial charge is 0.253 e. The number of carbonyl (C=O) groups excluding carboxylic acids is 1. The molecule has 1 saturated heterocycles. The first-order valence-corrected chi connectivity index (χ1v) is 6.33. The third kappa shape index (κ3) is 2.94. The molecule has 1 aromatic carbocycles. The van der Waals surface area contributed by atoms with Crippen molar-refractivity contribution >= 4 is 23.2 Å². The van der Waals surface area contributed by atoms with Crippen LogP contribution >= 0.6 is 11.6 Å². The molecule has 5 heteroatoms. The van der Waals surface area contributed by atoms with Crippen LogP contribution in [0.1, 0.15) is 30.1 Å². The van der Waals surface area contributed by atoms with Crippen LogP contribution in [-0.2, 0) is 4.74 Å². The lowest BCUT2D eigenvalue weighted by atomic mass is 9.92. The minimum atomic E-state index is -0.233. The van der Waals surface area contributed by atoms with Crippen LogP contribution < -0.4 is 11.1 Å². The van der Waals surface area contributed by atoms with Gasteiger partial charge in [-0.05, 0) is 38.0 Å². The molecule has 98 valence electrons. The number of halogens is 1. The van der Waals surface area contributed by atoms with Crippen molar-refractivity contribution in [2.24, 2.45) is 0 Å². The van der Waals surface area contributed by atoms with Crippen LogP contribution in [0, 0.1) is 0 Å². The maximum absolute atomic E-state index is 12.2. The second-order valence-electron chi connectivity index (χ2n) is 4.87. The fourth-order valence-corrected chi connectivity index (χ4v) is 2.21. The van der Waals surface area contributed by atoms with Crippen molar-refractivity contribution in [3.05, 3.63) is 28.8 Å². The van der Waals surface area contributed by atoms with Crippen LogP contribution in [0.4, 0.5) is 5.69 Å². The first-order chi connectivity index (χ1) is 8.50. The lowest BCUT2D eigenvalue weighted by molar-refractivity contribution is 0.0423. The summed E-state index contributed by atoms with van der Waals surface area (Å²) in [5.41, 5.74) is 6.39. The van der Waals surface area contributed by atoms with E-state index < -0.39 is 0 Å². The largest absolute Gasteiger partial charge is 0.399 e. The summed E-state index contributed by atoms with van der Waals surface area (Å²) in [6, 6.07) is 4.91. The van der Waals surface area contributed by atoms with Gasteiger partial charge in [0.1, 0.15) is 0 Å². The molecule has 1 amide bonds. The number of carbonyl (C=O) groups is 1.